The second-order valence-corrected chi connectivity index (χ2v) is 5.56. The number of hydrogen-bond donors (Lipinski definition) is 2. The highest BCUT2D eigenvalue weighted by atomic mass is 32.2. The maximum absolute atomic E-state index is 13.5. The van der Waals surface area contributed by atoms with Gasteiger partial charge in [0, 0.05) is 14.1 Å². The number of rotatable bonds is 4. The molecule has 0 radical (unpaired) electrons. The third kappa shape index (κ3) is 3.03. The molecule has 18 heavy (non-hydrogen) atoms. The Morgan fingerprint density at radius 2 is 1.94 bits per heavy atom. The highest BCUT2D eigenvalue weighted by Crippen LogP contribution is 2.19. The quantitative estimate of drug-likeness (QED) is 0.786. The number of aromatic carboxylic acids is 1. The highest BCUT2D eigenvalue weighted by molar-refractivity contribution is 7.89. The van der Waals surface area contributed by atoms with Crippen LogP contribution in [0, 0.1) is 12.7 Å². The number of nitrogens with one attached hydrogen (secondary N) is 1. The van der Waals surface area contributed by atoms with Crippen LogP contribution in [0.2, 0.25) is 0 Å². The van der Waals surface area contributed by atoms with Gasteiger partial charge in [-0.15, -0.1) is 4.83 Å². The van der Waals surface area contributed by atoms with E-state index >= 15 is 0 Å². The largest absolute Gasteiger partial charge is 0.478 e. The molecule has 0 aromatic heterocycles. The van der Waals surface area contributed by atoms with Gasteiger partial charge in [0.2, 0.25) is 0 Å². The summed E-state index contributed by atoms with van der Waals surface area (Å²) in [5.74, 6) is -2.45. The van der Waals surface area contributed by atoms with E-state index in [1.165, 1.54) is 26.0 Å². The fourth-order valence-corrected chi connectivity index (χ4v) is 2.53. The van der Waals surface area contributed by atoms with Gasteiger partial charge in [0.05, 0.1) is 10.5 Å². The number of aryl methyl sites for hydroxylation is 1. The standard InChI is InChI=1S/C10H13FN2O4S/c1-6-4-7(18(16,17)12-13(2)3)5-8(9(6)11)10(14)15/h4-5,12H,1-3H3,(H,14,15). The van der Waals surface area contributed by atoms with Crippen molar-refractivity contribution in [1.82, 2.24) is 9.84 Å². The lowest BCUT2D eigenvalue weighted by atomic mass is 10.1. The molecule has 1 aromatic carbocycles. The molecule has 0 aliphatic heterocycles. The second-order valence-electron chi connectivity index (χ2n) is 3.90. The molecule has 8 heteroatoms. The van der Waals surface area contributed by atoms with Gasteiger partial charge in [-0.25, -0.2) is 22.6 Å². The zero-order valence-corrected chi connectivity index (χ0v) is 10.9. The smallest absolute Gasteiger partial charge is 0.338 e. The predicted molar refractivity (Wildman–Crippen MR) is 62.1 cm³/mol. The van der Waals surface area contributed by atoms with Crippen LogP contribution in [0.1, 0.15) is 15.9 Å². The van der Waals surface area contributed by atoms with Crippen molar-refractivity contribution in [2.75, 3.05) is 14.1 Å². The molecular formula is C10H13FN2O4S. The van der Waals surface area contributed by atoms with Gasteiger partial charge in [-0.05, 0) is 24.6 Å². The molecule has 1 aromatic rings. The van der Waals surface area contributed by atoms with Crippen molar-refractivity contribution in [3.8, 4) is 0 Å². The average Bonchev–Trinajstić information content (AvgIpc) is 2.19. The zero-order chi connectivity index (χ0) is 14.1. The summed E-state index contributed by atoms with van der Waals surface area (Å²) in [5, 5.41) is 9.99. The van der Waals surface area contributed by atoms with E-state index in [0.29, 0.717) is 0 Å². The molecule has 0 saturated heterocycles. The van der Waals surface area contributed by atoms with Crippen LogP contribution in [-0.2, 0) is 10.0 Å². The minimum atomic E-state index is -3.91. The number of hydrogen-bond acceptors (Lipinski definition) is 4. The molecule has 0 heterocycles. The lowest BCUT2D eigenvalue weighted by Gasteiger charge is -2.13. The third-order valence-electron chi connectivity index (χ3n) is 2.07. The Morgan fingerprint density at radius 1 is 1.39 bits per heavy atom. The van der Waals surface area contributed by atoms with Crippen molar-refractivity contribution >= 4 is 16.0 Å². The Labute approximate surface area is 104 Å². The second kappa shape index (κ2) is 5.01. The Kier molecular flexibility index (Phi) is 4.05. The number of carboxylic acids is 1. The van der Waals surface area contributed by atoms with Crippen LogP contribution in [0.15, 0.2) is 17.0 Å². The van der Waals surface area contributed by atoms with E-state index < -0.39 is 27.4 Å². The first kappa shape index (κ1) is 14.6. The van der Waals surface area contributed by atoms with Crippen molar-refractivity contribution in [3.63, 3.8) is 0 Å². The first-order valence-corrected chi connectivity index (χ1v) is 6.36. The maximum Gasteiger partial charge on any atom is 0.338 e. The summed E-state index contributed by atoms with van der Waals surface area (Å²) < 4.78 is 37.1. The van der Waals surface area contributed by atoms with Crippen LogP contribution >= 0.6 is 0 Å². The van der Waals surface area contributed by atoms with Gasteiger partial charge in [-0.3, -0.25) is 0 Å². The minimum absolute atomic E-state index is 0.0472. The predicted octanol–water partition coefficient (Wildman–Crippen LogP) is 0.587. The maximum atomic E-state index is 13.5. The summed E-state index contributed by atoms with van der Waals surface area (Å²) in [5.41, 5.74) is -0.719. The lowest BCUT2D eigenvalue weighted by Crippen LogP contribution is -2.36. The van der Waals surface area contributed by atoms with E-state index in [-0.39, 0.29) is 10.5 Å². The van der Waals surface area contributed by atoms with Crippen molar-refractivity contribution in [3.05, 3.63) is 29.1 Å². The fourth-order valence-electron chi connectivity index (χ4n) is 1.34. The van der Waals surface area contributed by atoms with E-state index in [1.54, 1.807) is 0 Å². The van der Waals surface area contributed by atoms with Crippen molar-refractivity contribution in [2.24, 2.45) is 0 Å². The minimum Gasteiger partial charge on any atom is -0.478 e. The number of hydrazine groups is 1. The van der Waals surface area contributed by atoms with Crippen LogP contribution in [-0.4, -0.2) is 38.6 Å². The van der Waals surface area contributed by atoms with E-state index in [0.717, 1.165) is 12.1 Å². The van der Waals surface area contributed by atoms with Crippen molar-refractivity contribution in [2.45, 2.75) is 11.8 Å². The number of carboxylic acid groups (broad SMARTS) is 1. The summed E-state index contributed by atoms with van der Waals surface area (Å²) in [6, 6.07) is 1.87. The monoisotopic (exact) mass is 276 g/mol. The summed E-state index contributed by atoms with van der Waals surface area (Å²) in [4.78, 5) is 12.6. The van der Waals surface area contributed by atoms with E-state index in [9.17, 15) is 17.6 Å². The van der Waals surface area contributed by atoms with Crippen LogP contribution < -0.4 is 4.83 Å². The first-order chi connectivity index (χ1) is 8.15. The molecule has 0 atom stereocenters. The normalized spacial score (nSPS) is 11.8. The topological polar surface area (TPSA) is 86.7 Å². The van der Waals surface area contributed by atoms with E-state index in [4.69, 9.17) is 5.11 Å². The van der Waals surface area contributed by atoms with Crippen LogP contribution in [0.5, 0.6) is 0 Å². The molecule has 0 unspecified atom stereocenters. The van der Waals surface area contributed by atoms with Crippen molar-refractivity contribution < 1.29 is 22.7 Å². The molecule has 0 saturated carbocycles. The zero-order valence-electron chi connectivity index (χ0n) is 10.1. The third-order valence-corrected chi connectivity index (χ3v) is 3.53. The summed E-state index contributed by atoms with van der Waals surface area (Å²) >= 11 is 0. The van der Waals surface area contributed by atoms with E-state index in [1.807, 2.05) is 0 Å². The first-order valence-electron chi connectivity index (χ1n) is 4.88. The van der Waals surface area contributed by atoms with Gasteiger partial charge in [-0.1, -0.05) is 0 Å². The SMILES string of the molecule is Cc1cc(S(=O)(=O)NN(C)C)cc(C(=O)O)c1F. The molecule has 0 amide bonds. The molecule has 0 spiro atoms. The van der Waals surface area contributed by atoms with E-state index in [2.05, 4.69) is 4.83 Å². The molecular weight excluding hydrogens is 263 g/mol. The van der Waals surface area contributed by atoms with Gasteiger partial charge in [0.15, 0.2) is 0 Å². The van der Waals surface area contributed by atoms with Gasteiger partial charge in [-0.2, -0.15) is 0 Å². The number of nitrogens with zero attached hydrogens (tertiary/aromatic N) is 1. The van der Waals surface area contributed by atoms with Gasteiger partial charge in [0.25, 0.3) is 10.0 Å². The van der Waals surface area contributed by atoms with Gasteiger partial charge in [0.1, 0.15) is 5.82 Å². The Bertz CT molecular complexity index is 584. The molecule has 0 aliphatic carbocycles. The lowest BCUT2D eigenvalue weighted by molar-refractivity contribution is 0.0691. The Morgan fingerprint density at radius 3 is 2.39 bits per heavy atom. The molecule has 100 valence electrons. The van der Waals surface area contributed by atoms with Gasteiger partial charge < -0.3 is 5.11 Å². The number of benzene rings is 1. The highest BCUT2D eigenvalue weighted by Gasteiger charge is 2.21. The fraction of sp³-hybridized carbons (Fsp3) is 0.300. The average molecular weight is 276 g/mol. The van der Waals surface area contributed by atoms with Crippen LogP contribution in [0.4, 0.5) is 4.39 Å². The molecule has 2 N–H and O–H groups in total. The molecule has 0 aliphatic rings. The summed E-state index contributed by atoms with van der Waals surface area (Å²) in [7, 11) is -0.980. The molecule has 0 bridgehead atoms. The number of halogens is 1. The van der Waals surface area contributed by atoms with Gasteiger partial charge >= 0.3 is 5.97 Å². The molecule has 1 rings (SSSR count). The number of sulfonamides is 1. The summed E-state index contributed by atoms with van der Waals surface area (Å²) in [6.07, 6.45) is 0. The summed E-state index contributed by atoms with van der Waals surface area (Å²) in [6.45, 7) is 1.30. The molecule has 0 fully saturated rings. The van der Waals surface area contributed by atoms with Crippen LogP contribution in [0.3, 0.4) is 0 Å². The van der Waals surface area contributed by atoms with Crippen molar-refractivity contribution in [1.29, 1.82) is 0 Å². The Balaban J connectivity index is 3.40. The molecule has 6 nitrogen and oxygen atoms in total. The van der Waals surface area contributed by atoms with Crippen LogP contribution in [0.25, 0.3) is 0 Å². The number of carbonyl (C=O) groups is 1. The Hall–Kier alpha value is -1.51.